The standard InChI is InChI=1S/C19H41N3O/c1-2-3-4-5-6-7-8-9-10-11-12-13-14-15-16-17-18-22(21)19(20)23/h2-18,21H2,1H3,(H2,20,23). The predicted octanol–water partition coefficient (Wildman–Crippen LogP) is 5.50. The first kappa shape index (κ1) is 22.2. The van der Waals surface area contributed by atoms with Gasteiger partial charge in [-0.1, -0.05) is 103 Å². The molecule has 0 aliphatic heterocycles. The summed E-state index contributed by atoms with van der Waals surface area (Å²) in [5, 5.41) is 1.10. The topological polar surface area (TPSA) is 72.3 Å². The Kier molecular flexibility index (Phi) is 17.0. The van der Waals surface area contributed by atoms with Gasteiger partial charge in [0.05, 0.1) is 0 Å². The second-order valence-corrected chi connectivity index (χ2v) is 6.83. The molecule has 4 heteroatoms. The van der Waals surface area contributed by atoms with Crippen LogP contribution in [0.5, 0.6) is 0 Å². The summed E-state index contributed by atoms with van der Waals surface area (Å²) in [6.45, 7) is 2.85. The molecule has 2 amide bonds. The van der Waals surface area contributed by atoms with Crippen molar-refractivity contribution in [1.29, 1.82) is 0 Å². The first-order valence-electron chi connectivity index (χ1n) is 10.00. The average molecular weight is 328 g/mol. The maximum atomic E-state index is 10.7. The number of rotatable bonds is 17. The van der Waals surface area contributed by atoms with Crippen LogP contribution in [0.4, 0.5) is 4.79 Å². The van der Waals surface area contributed by atoms with Crippen molar-refractivity contribution in [3.05, 3.63) is 0 Å². The lowest BCUT2D eigenvalue weighted by molar-refractivity contribution is 0.207. The Balaban J connectivity index is 3.04. The second-order valence-electron chi connectivity index (χ2n) is 6.83. The fourth-order valence-electron chi connectivity index (χ4n) is 2.94. The molecule has 0 unspecified atom stereocenters. The molecular formula is C19H41N3O. The minimum atomic E-state index is -0.536. The number of hydrogen-bond acceptors (Lipinski definition) is 2. The quantitative estimate of drug-likeness (QED) is 0.160. The lowest BCUT2D eigenvalue weighted by atomic mass is 10.0. The lowest BCUT2D eigenvalue weighted by Crippen LogP contribution is -2.41. The van der Waals surface area contributed by atoms with Crippen LogP contribution in [0.2, 0.25) is 0 Å². The van der Waals surface area contributed by atoms with Crippen molar-refractivity contribution in [1.82, 2.24) is 5.01 Å². The average Bonchev–Trinajstić information content (AvgIpc) is 2.54. The van der Waals surface area contributed by atoms with Crippen molar-refractivity contribution < 1.29 is 4.79 Å². The predicted molar refractivity (Wildman–Crippen MR) is 100 cm³/mol. The number of amides is 2. The Labute approximate surface area is 144 Å². The second kappa shape index (κ2) is 17.6. The zero-order valence-electron chi connectivity index (χ0n) is 15.5. The third-order valence-electron chi connectivity index (χ3n) is 4.54. The number of unbranched alkanes of at least 4 members (excludes halogenated alkanes) is 15. The zero-order chi connectivity index (χ0) is 17.2. The number of carbonyl (C=O) groups is 1. The van der Waals surface area contributed by atoms with Crippen molar-refractivity contribution in [2.75, 3.05) is 6.54 Å². The third-order valence-corrected chi connectivity index (χ3v) is 4.54. The van der Waals surface area contributed by atoms with E-state index in [1.165, 1.54) is 89.9 Å². The highest BCUT2D eigenvalue weighted by molar-refractivity contribution is 5.71. The van der Waals surface area contributed by atoms with Crippen LogP contribution >= 0.6 is 0 Å². The Bertz CT molecular complexity index is 259. The molecule has 0 radical (unpaired) electrons. The summed E-state index contributed by atoms with van der Waals surface area (Å²) in [5.41, 5.74) is 5.06. The molecule has 0 fully saturated rings. The van der Waals surface area contributed by atoms with Gasteiger partial charge in [-0.2, -0.15) is 0 Å². The molecule has 4 N–H and O–H groups in total. The molecule has 0 aromatic heterocycles. The molecule has 23 heavy (non-hydrogen) atoms. The smallest absolute Gasteiger partial charge is 0.328 e. The normalized spacial score (nSPS) is 10.9. The van der Waals surface area contributed by atoms with Crippen LogP contribution in [0.25, 0.3) is 0 Å². The van der Waals surface area contributed by atoms with Gasteiger partial charge in [-0.05, 0) is 6.42 Å². The summed E-state index contributed by atoms with van der Waals surface area (Å²) in [4.78, 5) is 10.7. The number of nitrogens with two attached hydrogens (primary N) is 2. The molecule has 0 aliphatic carbocycles. The van der Waals surface area contributed by atoms with Gasteiger partial charge in [-0.25, -0.2) is 10.6 Å². The van der Waals surface area contributed by atoms with Gasteiger partial charge < -0.3 is 5.73 Å². The van der Waals surface area contributed by atoms with Crippen LogP contribution in [0, 0.1) is 0 Å². The molecule has 0 atom stereocenters. The van der Waals surface area contributed by atoms with E-state index in [0.29, 0.717) is 6.54 Å². The van der Waals surface area contributed by atoms with Gasteiger partial charge in [-0.15, -0.1) is 0 Å². The highest BCUT2D eigenvalue weighted by Gasteiger charge is 2.02. The van der Waals surface area contributed by atoms with Crippen LogP contribution < -0.4 is 11.6 Å². The van der Waals surface area contributed by atoms with Crippen LogP contribution in [0.15, 0.2) is 0 Å². The van der Waals surface area contributed by atoms with Crippen molar-refractivity contribution in [3.8, 4) is 0 Å². The van der Waals surface area contributed by atoms with E-state index >= 15 is 0 Å². The fourth-order valence-corrected chi connectivity index (χ4v) is 2.94. The minimum Gasteiger partial charge on any atom is -0.350 e. The maximum Gasteiger partial charge on any atom is 0.328 e. The summed E-state index contributed by atoms with van der Waals surface area (Å²) < 4.78 is 0. The van der Waals surface area contributed by atoms with Crippen LogP contribution in [0.3, 0.4) is 0 Å². The van der Waals surface area contributed by atoms with Gasteiger partial charge >= 0.3 is 6.03 Å². The monoisotopic (exact) mass is 327 g/mol. The van der Waals surface area contributed by atoms with Crippen molar-refractivity contribution in [3.63, 3.8) is 0 Å². The minimum absolute atomic E-state index is 0.536. The maximum absolute atomic E-state index is 10.7. The van der Waals surface area contributed by atoms with Crippen LogP contribution in [-0.2, 0) is 0 Å². The lowest BCUT2D eigenvalue weighted by Gasteiger charge is -2.12. The molecule has 0 saturated heterocycles. The van der Waals surface area contributed by atoms with E-state index in [1.807, 2.05) is 0 Å². The first-order valence-corrected chi connectivity index (χ1v) is 10.00. The zero-order valence-corrected chi connectivity index (χ0v) is 15.5. The number of carbonyl (C=O) groups excluding carboxylic acids is 1. The SMILES string of the molecule is CCCCCCCCCCCCCCCCCCN(N)C(N)=O. The van der Waals surface area contributed by atoms with E-state index in [2.05, 4.69) is 6.92 Å². The Morgan fingerprint density at radius 1 is 0.652 bits per heavy atom. The molecule has 0 rings (SSSR count). The number of nitrogens with zero attached hydrogens (tertiary/aromatic N) is 1. The van der Waals surface area contributed by atoms with Gasteiger partial charge in [0.25, 0.3) is 0 Å². The summed E-state index contributed by atoms with van der Waals surface area (Å²) in [5.74, 6) is 5.44. The van der Waals surface area contributed by atoms with Crippen molar-refractivity contribution in [2.24, 2.45) is 11.6 Å². The number of hydrazine groups is 1. The van der Waals surface area contributed by atoms with E-state index in [9.17, 15) is 4.79 Å². The van der Waals surface area contributed by atoms with E-state index in [0.717, 1.165) is 17.9 Å². The largest absolute Gasteiger partial charge is 0.350 e. The first-order chi connectivity index (χ1) is 11.2. The summed E-state index contributed by atoms with van der Waals surface area (Å²) in [6, 6.07) is -0.536. The van der Waals surface area contributed by atoms with E-state index in [-0.39, 0.29) is 0 Å². The van der Waals surface area contributed by atoms with E-state index in [1.54, 1.807) is 0 Å². The van der Waals surface area contributed by atoms with Crippen molar-refractivity contribution in [2.45, 2.75) is 110 Å². The number of primary amides is 1. The molecule has 0 aliphatic rings. The molecule has 0 bridgehead atoms. The summed E-state index contributed by atoms with van der Waals surface area (Å²) in [6.07, 6.45) is 21.5. The highest BCUT2D eigenvalue weighted by Crippen LogP contribution is 2.13. The van der Waals surface area contributed by atoms with E-state index < -0.39 is 6.03 Å². The van der Waals surface area contributed by atoms with Crippen LogP contribution in [-0.4, -0.2) is 17.6 Å². The summed E-state index contributed by atoms with van der Waals surface area (Å²) in [7, 11) is 0. The molecule has 0 spiro atoms. The van der Waals surface area contributed by atoms with Crippen molar-refractivity contribution >= 4 is 6.03 Å². The molecular weight excluding hydrogens is 286 g/mol. The Morgan fingerprint density at radius 3 is 1.26 bits per heavy atom. The van der Waals surface area contributed by atoms with Gasteiger partial charge in [0.2, 0.25) is 0 Å². The van der Waals surface area contributed by atoms with Gasteiger partial charge in [-0.3, -0.25) is 5.01 Å². The summed E-state index contributed by atoms with van der Waals surface area (Å²) >= 11 is 0. The Morgan fingerprint density at radius 2 is 0.957 bits per heavy atom. The molecule has 0 saturated carbocycles. The van der Waals surface area contributed by atoms with Crippen LogP contribution in [0.1, 0.15) is 110 Å². The van der Waals surface area contributed by atoms with Gasteiger partial charge in [0.15, 0.2) is 0 Å². The molecule has 0 aromatic rings. The molecule has 0 aromatic carbocycles. The molecule has 0 heterocycles. The number of hydrogen-bond donors (Lipinski definition) is 2. The molecule has 138 valence electrons. The van der Waals surface area contributed by atoms with Gasteiger partial charge in [0.1, 0.15) is 0 Å². The number of urea groups is 1. The molecule has 4 nitrogen and oxygen atoms in total. The third kappa shape index (κ3) is 17.4. The fraction of sp³-hybridized carbons (Fsp3) is 0.947. The van der Waals surface area contributed by atoms with Gasteiger partial charge in [0, 0.05) is 6.54 Å². The highest BCUT2D eigenvalue weighted by atomic mass is 16.2. The van der Waals surface area contributed by atoms with E-state index in [4.69, 9.17) is 11.6 Å². The Hall–Kier alpha value is -0.770.